The van der Waals surface area contributed by atoms with Gasteiger partial charge in [0.05, 0.1) is 18.0 Å². The van der Waals surface area contributed by atoms with E-state index in [0.717, 1.165) is 0 Å². The molecule has 1 unspecified atom stereocenters. The van der Waals surface area contributed by atoms with Crippen LogP contribution in [0.3, 0.4) is 0 Å². The topological polar surface area (TPSA) is 109 Å². The molecule has 0 saturated heterocycles. The molecular weight excluding hydrogens is 473 g/mol. The van der Waals surface area contributed by atoms with Gasteiger partial charge >= 0.3 is 0 Å². The molecule has 0 spiro atoms. The Hall–Kier alpha value is -3.82. The van der Waals surface area contributed by atoms with Gasteiger partial charge < -0.3 is 15.7 Å². The summed E-state index contributed by atoms with van der Waals surface area (Å²) in [6, 6.07) is 12.8. The number of amides is 2. The van der Waals surface area contributed by atoms with Crippen molar-refractivity contribution in [2.45, 2.75) is 26.4 Å². The maximum atomic E-state index is 14.8. The number of nitrogens with zero attached hydrogens (tertiary/aromatic N) is 3. The van der Waals surface area contributed by atoms with E-state index in [1.54, 1.807) is 43.3 Å². The minimum atomic E-state index is -0.758. The van der Waals surface area contributed by atoms with Crippen molar-refractivity contribution in [3.63, 3.8) is 0 Å². The van der Waals surface area contributed by atoms with Crippen LogP contribution in [0.1, 0.15) is 40.9 Å². The fraction of sp³-hybridized carbons (Fsp3) is 0.200. The van der Waals surface area contributed by atoms with Crippen LogP contribution in [0.25, 0.3) is 16.9 Å². The Morgan fingerprint density at radius 2 is 1.91 bits per heavy atom. The van der Waals surface area contributed by atoms with Gasteiger partial charge in [-0.15, -0.1) is 0 Å². The van der Waals surface area contributed by atoms with E-state index in [1.807, 2.05) is 0 Å². The lowest BCUT2D eigenvalue weighted by Crippen LogP contribution is -2.26. The quantitative estimate of drug-likeness (QED) is 0.354. The fourth-order valence-electron chi connectivity index (χ4n) is 3.65. The smallest absolute Gasteiger partial charge is 0.251 e. The number of halogens is 2. The van der Waals surface area contributed by atoms with Gasteiger partial charge in [0.25, 0.3) is 5.91 Å². The van der Waals surface area contributed by atoms with Gasteiger partial charge in [-0.3, -0.25) is 9.59 Å². The zero-order chi connectivity index (χ0) is 25.1. The summed E-state index contributed by atoms with van der Waals surface area (Å²) in [5.74, 6) is -0.850. The number of hydrogen-bond donors (Lipinski definition) is 3. The number of imidazole rings is 1. The van der Waals surface area contributed by atoms with Gasteiger partial charge in [0, 0.05) is 29.6 Å². The third-order valence-electron chi connectivity index (χ3n) is 5.42. The number of carbonyl (C=O) groups is 2. The number of aliphatic hydroxyl groups is 1. The maximum absolute atomic E-state index is 14.8. The van der Waals surface area contributed by atoms with Crippen molar-refractivity contribution in [2.24, 2.45) is 0 Å². The normalized spacial score (nSPS) is 11.9. The highest BCUT2D eigenvalue weighted by molar-refractivity contribution is 6.30. The van der Waals surface area contributed by atoms with E-state index in [0.29, 0.717) is 45.3 Å². The third kappa shape index (κ3) is 5.64. The number of aryl methyl sites for hydroxylation is 1. The lowest BCUT2D eigenvalue weighted by Gasteiger charge is -2.13. The molecule has 1 atom stereocenters. The summed E-state index contributed by atoms with van der Waals surface area (Å²) in [7, 11) is 0. The number of aliphatic hydroxyl groups excluding tert-OH is 1. The number of benzene rings is 2. The Labute approximate surface area is 205 Å². The van der Waals surface area contributed by atoms with Gasteiger partial charge in [-0.2, -0.15) is 5.10 Å². The monoisotopic (exact) mass is 495 g/mol. The number of nitrogens with one attached hydrogen (secondary N) is 2. The molecular formula is C25H23ClFN5O3. The van der Waals surface area contributed by atoms with Gasteiger partial charge in [0.1, 0.15) is 5.82 Å². The van der Waals surface area contributed by atoms with Crippen LogP contribution < -0.4 is 10.6 Å². The number of fused-ring (bicyclic) bond motifs is 1. The molecule has 2 amide bonds. The van der Waals surface area contributed by atoms with Crippen molar-refractivity contribution in [3.8, 4) is 11.3 Å². The molecule has 0 aliphatic heterocycles. The number of rotatable bonds is 7. The molecule has 180 valence electrons. The first-order valence-electron chi connectivity index (χ1n) is 10.9. The molecule has 35 heavy (non-hydrogen) atoms. The second-order valence-electron chi connectivity index (χ2n) is 8.09. The van der Waals surface area contributed by atoms with Crippen molar-refractivity contribution in [3.05, 3.63) is 82.3 Å². The molecule has 2 aromatic carbocycles. The first kappa shape index (κ1) is 24.3. The molecule has 2 heterocycles. The highest BCUT2D eigenvalue weighted by Crippen LogP contribution is 2.26. The van der Waals surface area contributed by atoms with E-state index >= 15 is 0 Å². The molecule has 2 aromatic heterocycles. The van der Waals surface area contributed by atoms with Crippen molar-refractivity contribution >= 4 is 34.9 Å². The Morgan fingerprint density at radius 1 is 1.17 bits per heavy atom. The second kappa shape index (κ2) is 10.2. The lowest BCUT2D eigenvalue weighted by molar-refractivity contribution is -0.114. The summed E-state index contributed by atoms with van der Waals surface area (Å²) in [5, 5.41) is 20.6. The highest BCUT2D eigenvalue weighted by Gasteiger charge is 2.17. The maximum Gasteiger partial charge on any atom is 0.251 e. The minimum Gasteiger partial charge on any atom is -0.388 e. The molecule has 8 nitrogen and oxygen atoms in total. The van der Waals surface area contributed by atoms with Crippen LogP contribution in [0.15, 0.2) is 54.7 Å². The number of carbonyl (C=O) groups excluding carboxylic acids is 2. The van der Waals surface area contributed by atoms with E-state index in [4.69, 9.17) is 11.6 Å². The van der Waals surface area contributed by atoms with E-state index in [1.165, 1.54) is 29.8 Å². The molecule has 10 heteroatoms. The van der Waals surface area contributed by atoms with Crippen LogP contribution in [-0.4, -0.2) is 38.1 Å². The van der Waals surface area contributed by atoms with Crippen LogP contribution in [0.2, 0.25) is 5.02 Å². The summed E-state index contributed by atoms with van der Waals surface area (Å²) >= 11 is 5.87. The predicted molar refractivity (Wildman–Crippen MR) is 131 cm³/mol. The highest BCUT2D eigenvalue weighted by atomic mass is 35.5. The minimum absolute atomic E-state index is 0.152. The van der Waals surface area contributed by atoms with Crippen LogP contribution in [-0.2, 0) is 4.79 Å². The molecule has 0 radical (unpaired) electrons. The first-order chi connectivity index (χ1) is 16.7. The van der Waals surface area contributed by atoms with Crippen molar-refractivity contribution in [2.75, 3.05) is 11.9 Å². The second-order valence-corrected chi connectivity index (χ2v) is 8.52. The van der Waals surface area contributed by atoms with Gasteiger partial charge in [0.15, 0.2) is 11.5 Å². The largest absolute Gasteiger partial charge is 0.388 e. The van der Waals surface area contributed by atoms with Gasteiger partial charge in [-0.1, -0.05) is 23.7 Å². The van der Waals surface area contributed by atoms with Crippen LogP contribution >= 0.6 is 11.6 Å². The molecule has 0 saturated carbocycles. The van der Waals surface area contributed by atoms with E-state index in [9.17, 15) is 19.1 Å². The first-order valence-corrected chi connectivity index (χ1v) is 11.3. The van der Waals surface area contributed by atoms with Crippen molar-refractivity contribution in [1.82, 2.24) is 19.9 Å². The summed E-state index contributed by atoms with van der Waals surface area (Å²) in [5.41, 5.74) is 2.40. The lowest BCUT2D eigenvalue weighted by atomic mass is 10.0. The zero-order valence-corrected chi connectivity index (χ0v) is 19.8. The Morgan fingerprint density at radius 3 is 2.63 bits per heavy atom. The number of anilines is 1. The average molecular weight is 496 g/mol. The van der Waals surface area contributed by atoms with E-state index in [2.05, 4.69) is 20.7 Å². The van der Waals surface area contributed by atoms with E-state index < -0.39 is 11.9 Å². The standard InChI is InChI=1S/C25H23ClFN5O3/c1-14-11-20(27)19(21-7-8-24-30-23(29-15(2)33)13-32(24)31-21)12-18(14)25(35)28-10-9-22(34)16-3-5-17(26)6-4-16/h3-8,11-13,22,34H,9-10H2,1-2H3,(H,28,35)(H,29,33). The van der Waals surface area contributed by atoms with Crippen LogP contribution in [0, 0.1) is 12.7 Å². The third-order valence-corrected chi connectivity index (χ3v) is 5.67. The molecule has 0 bridgehead atoms. The molecule has 4 aromatic rings. The molecule has 3 N–H and O–H groups in total. The zero-order valence-electron chi connectivity index (χ0n) is 19.0. The Balaban J connectivity index is 1.50. The SMILES string of the molecule is CC(=O)Nc1cn2nc(-c3cc(C(=O)NCCC(O)c4ccc(Cl)cc4)c(C)cc3F)ccc2n1. The molecule has 4 rings (SSSR count). The summed E-state index contributed by atoms with van der Waals surface area (Å²) in [6.07, 6.45) is 1.06. The summed E-state index contributed by atoms with van der Waals surface area (Å²) in [6.45, 7) is 3.24. The summed E-state index contributed by atoms with van der Waals surface area (Å²) in [4.78, 5) is 28.3. The molecule has 0 aliphatic rings. The molecule has 0 fully saturated rings. The Kier molecular flexibility index (Phi) is 7.09. The van der Waals surface area contributed by atoms with E-state index in [-0.39, 0.29) is 23.9 Å². The van der Waals surface area contributed by atoms with Gasteiger partial charge in [0.2, 0.25) is 5.91 Å². The van der Waals surface area contributed by atoms with Crippen molar-refractivity contribution < 1.29 is 19.1 Å². The predicted octanol–water partition coefficient (Wildman–Crippen LogP) is 4.31. The average Bonchev–Trinajstić information content (AvgIpc) is 3.20. The number of aromatic nitrogens is 3. The van der Waals surface area contributed by atoms with Crippen LogP contribution in [0.5, 0.6) is 0 Å². The Bertz CT molecular complexity index is 1400. The number of hydrogen-bond acceptors (Lipinski definition) is 5. The molecule has 0 aliphatic carbocycles. The van der Waals surface area contributed by atoms with Gasteiger partial charge in [-0.25, -0.2) is 13.9 Å². The van der Waals surface area contributed by atoms with Gasteiger partial charge in [-0.05, 0) is 60.9 Å². The van der Waals surface area contributed by atoms with Crippen LogP contribution in [0.4, 0.5) is 10.2 Å². The fourth-order valence-corrected chi connectivity index (χ4v) is 3.78. The van der Waals surface area contributed by atoms with Crippen molar-refractivity contribution in [1.29, 1.82) is 0 Å². The summed E-state index contributed by atoms with van der Waals surface area (Å²) < 4.78 is 16.3.